The molecule has 1 heterocycles. The van der Waals surface area contributed by atoms with Gasteiger partial charge in [-0.15, -0.1) is 11.3 Å². The first-order chi connectivity index (χ1) is 8.63. The summed E-state index contributed by atoms with van der Waals surface area (Å²) >= 11 is 7.73. The van der Waals surface area contributed by atoms with E-state index >= 15 is 0 Å². The van der Waals surface area contributed by atoms with Crippen LogP contribution in [-0.2, 0) is 0 Å². The fourth-order valence-electron chi connectivity index (χ4n) is 2.24. The number of rotatable bonds is 4. The molecule has 0 bridgehead atoms. The lowest BCUT2D eigenvalue weighted by Gasteiger charge is -2.22. The Kier molecular flexibility index (Phi) is 4.44. The SMILES string of the molecule is CCC(c1ccccc1)C(N)c1cc(C)c(Cl)s1. The molecular formula is C15H18ClNS. The van der Waals surface area contributed by atoms with Crippen molar-refractivity contribution in [3.05, 3.63) is 56.7 Å². The Morgan fingerprint density at radius 3 is 2.44 bits per heavy atom. The summed E-state index contributed by atoms with van der Waals surface area (Å²) in [5, 5.41) is 0. The molecule has 1 nitrogen and oxygen atoms in total. The summed E-state index contributed by atoms with van der Waals surface area (Å²) in [7, 11) is 0. The van der Waals surface area contributed by atoms with Crippen LogP contribution < -0.4 is 5.73 Å². The second-order valence-corrected chi connectivity index (χ2v) is 6.24. The molecule has 0 saturated carbocycles. The third kappa shape index (κ3) is 2.77. The van der Waals surface area contributed by atoms with Gasteiger partial charge in [0.1, 0.15) is 0 Å². The highest BCUT2D eigenvalue weighted by Crippen LogP contribution is 2.37. The molecule has 3 heteroatoms. The van der Waals surface area contributed by atoms with Crippen molar-refractivity contribution in [1.82, 2.24) is 0 Å². The van der Waals surface area contributed by atoms with E-state index in [0.717, 1.165) is 16.3 Å². The monoisotopic (exact) mass is 279 g/mol. The fourth-order valence-corrected chi connectivity index (χ4v) is 3.53. The van der Waals surface area contributed by atoms with Crippen molar-refractivity contribution in [2.45, 2.75) is 32.2 Å². The van der Waals surface area contributed by atoms with Crippen LogP contribution in [0.2, 0.25) is 4.34 Å². The molecule has 2 unspecified atom stereocenters. The van der Waals surface area contributed by atoms with Gasteiger partial charge in [0, 0.05) is 16.8 Å². The van der Waals surface area contributed by atoms with E-state index in [0.29, 0.717) is 5.92 Å². The summed E-state index contributed by atoms with van der Waals surface area (Å²) in [6.07, 6.45) is 1.03. The number of hydrogen-bond acceptors (Lipinski definition) is 2. The maximum absolute atomic E-state index is 6.42. The number of thiophene rings is 1. The molecular weight excluding hydrogens is 262 g/mol. The Labute approximate surface area is 118 Å². The molecule has 2 atom stereocenters. The molecule has 0 radical (unpaired) electrons. The van der Waals surface area contributed by atoms with Crippen LogP contribution in [0.3, 0.4) is 0 Å². The maximum atomic E-state index is 6.42. The van der Waals surface area contributed by atoms with Crippen molar-refractivity contribution in [3.63, 3.8) is 0 Å². The lowest BCUT2D eigenvalue weighted by atomic mass is 9.89. The van der Waals surface area contributed by atoms with E-state index in [4.69, 9.17) is 17.3 Å². The van der Waals surface area contributed by atoms with Crippen molar-refractivity contribution in [2.75, 3.05) is 0 Å². The fraction of sp³-hybridized carbons (Fsp3) is 0.333. The van der Waals surface area contributed by atoms with E-state index in [1.54, 1.807) is 11.3 Å². The predicted octanol–water partition coefficient (Wildman–Crippen LogP) is 4.90. The third-order valence-corrected chi connectivity index (χ3v) is 4.96. The molecule has 1 aromatic heterocycles. The van der Waals surface area contributed by atoms with Crippen LogP contribution in [0.4, 0.5) is 0 Å². The molecule has 0 amide bonds. The highest BCUT2D eigenvalue weighted by molar-refractivity contribution is 7.16. The summed E-state index contributed by atoms with van der Waals surface area (Å²) in [6.45, 7) is 4.21. The molecule has 2 aromatic rings. The average Bonchev–Trinajstić information content (AvgIpc) is 2.72. The summed E-state index contributed by atoms with van der Waals surface area (Å²) in [5.41, 5.74) is 8.84. The molecule has 0 saturated heterocycles. The van der Waals surface area contributed by atoms with E-state index in [1.165, 1.54) is 10.4 Å². The van der Waals surface area contributed by atoms with Crippen LogP contribution in [0.25, 0.3) is 0 Å². The Hall–Kier alpha value is -0.830. The Morgan fingerprint density at radius 1 is 1.28 bits per heavy atom. The van der Waals surface area contributed by atoms with Gasteiger partial charge in [-0.25, -0.2) is 0 Å². The van der Waals surface area contributed by atoms with Gasteiger partial charge in [-0.3, -0.25) is 0 Å². The number of aryl methyl sites for hydroxylation is 1. The van der Waals surface area contributed by atoms with Crippen molar-refractivity contribution < 1.29 is 0 Å². The van der Waals surface area contributed by atoms with Gasteiger partial charge in [0.05, 0.1) is 4.34 Å². The van der Waals surface area contributed by atoms with Crippen LogP contribution >= 0.6 is 22.9 Å². The molecule has 18 heavy (non-hydrogen) atoms. The van der Waals surface area contributed by atoms with Gasteiger partial charge >= 0.3 is 0 Å². The molecule has 0 spiro atoms. The van der Waals surface area contributed by atoms with Crippen LogP contribution in [0.5, 0.6) is 0 Å². The van der Waals surface area contributed by atoms with Crippen LogP contribution in [-0.4, -0.2) is 0 Å². The van der Waals surface area contributed by atoms with Crippen molar-refractivity contribution in [2.24, 2.45) is 5.73 Å². The molecule has 0 aliphatic rings. The smallest absolute Gasteiger partial charge is 0.0960 e. The van der Waals surface area contributed by atoms with Crippen LogP contribution in [0.15, 0.2) is 36.4 Å². The normalized spacial score (nSPS) is 14.4. The van der Waals surface area contributed by atoms with Gasteiger partial charge in [-0.2, -0.15) is 0 Å². The number of hydrogen-bond donors (Lipinski definition) is 1. The molecule has 2 rings (SSSR count). The first-order valence-electron chi connectivity index (χ1n) is 6.19. The Morgan fingerprint density at radius 2 is 1.94 bits per heavy atom. The van der Waals surface area contributed by atoms with E-state index in [9.17, 15) is 0 Å². The predicted molar refractivity (Wildman–Crippen MR) is 80.5 cm³/mol. The standard InChI is InChI=1S/C15H18ClNS/c1-3-12(11-7-5-4-6-8-11)14(17)13-9-10(2)15(16)18-13/h4-9,12,14H,3,17H2,1-2H3. The average molecular weight is 280 g/mol. The summed E-state index contributed by atoms with van der Waals surface area (Å²) in [6, 6.07) is 12.6. The van der Waals surface area contributed by atoms with Crippen molar-refractivity contribution >= 4 is 22.9 Å². The molecule has 0 fully saturated rings. The first-order valence-corrected chi connectivity index (χ1v) is 7.39. The molecule has 96 valence electrons. The number of benzene rings is 1. The highest BCUT2D eigenvalue weighted by Gasteiger charge is 2.21. The minimum absolute atomic E-state index is 0.0219. The summed E-state index contributed by atoms with van der Waals surface area (Å²) in [4.78, 5) is 1.17. The van der Waals surface area contributed by atoms with Gasteiger partial charge in [0.2, 0.25) is 0 Å². The highest BCUT2D eigenvalue weighted by atomic mass is 35.5. The van der Waals surface area contributed by atoms with Crippen molar-refractivity contribution in [1.29, 1.82) is 0 Å². The number of nitrogens with two attached hydrogens (primary N) is 1. The largest absolute Gasteiger partial charge is 0.323 e. The maximum Gasteiger partial charge on any atom is 0.0960 e. The summed E-state index contributed by atoms with van der Waals surface area (Å²) < 4.78 is 0.850. The van der Waals surface area contributed by atoms with E-state index in [-0.39, 0.29) is 6.04 Å². The van der Waals surface area contributed by atoms with Crippen LogP contribution in [0, 0.1) is 6.92 Å². The topological polar surface area (TPSA) is 26.0 Å². The Balaban J connectivity index is 2.28. The summed E-state index contributed by atoms with van der Waals surface area (Å²) in [5.74, 6) is 0.348. The van der Waals surface area contributed by atoms with Gasteiger partial charge in [0.15, 0.2) is 0 Å². The second kappa shape index (κ2) is 5.87. The van der Waals surface area contributed by atoms with Gasteiger partial charge in [0.25, 0.3) is 0 Å². The minimum atomic E-state index is 0.0219. The van der Waals surface area contributed by atoms with Gasteiger partial charge in [-0.05, 0) is 30.5 Å². The van der Waals surface area contributed by atoms with E-state index < -0.39 is 0 Å². The lowest BCUT2D eigenvalue weighted by Crippen LogP contribution is -2.18. The zero-order chi connectivity index (χ0) is 13.1. The zero-order valence-electron chi connectivity index (χ0n) is 10.7. The third-order valence-electron chi connectivity index (χ3n) is 3.31. The van der Waals surface area contributed by atoms with Crippen LogP contribution in [0.1, 0.15) is 41.3 Å². The zero-order valence-corrected chi connectivity index (χ0v) is 12.3. The first kappa shape index (κ1) is 13.6. The van der Waals surface area contributed by atoms with E-state index in [1.807, 2.05) is 13.0 Å². The minimum Gasteiger partial charge on any atom is -0.323 e. The lowest BCUT2D eigenvalue weighted by molar-refractivity contribution is 0.546. The molecule has 1 aromatic carbocycles. The Bertz CT molecular complexity index is 487. The van der Waals surface area contributed by atoms with Crippen molar-refractivity contribution in [3.8, 4) is 0 Å². The number of halogens is 1. The van der Waals surface area contributed by atoms with Gasteiger partial charge < -0.3 is 5.73 Å². The molecule has 0 aliphatic carbocycles. The second-order valence-electron chi connectivity index (χ2n) is 4.56. The van der Waals surface area contributed by atoms with Gasteiger partial charge in [-0.1, -0.05) is 48.9 Å². The van der Waals surface area contributed by atoms with E-state index in [2.05, 4.69) is 37.3 Å². The quantitative estimate of drug-likeness (QED) is 0.846. The molecule has 0 aliphatic heterocycles. The molecule has 2 N–H and O–H groups in total.